The molecule has 0 atom stereocenters. The number of methoxy groups -OCH3 is 1. The predicted molar refractivity (Wildman–Crippen MR) is 64.5 cm³/mol. The van der Waals surface area contributed by atoms with Crippen LogP contribution < -0.4 is 10.1 Å². The van der Waals surface area contributed by atoms with Crippen LogP contribution >= 0.6 is 11.6 Å². The third-order valence-corrected chi connectivity index (χ3v) is 3.48. The zero-order chi connectivity index (χ0) is 11.5. The Morgan fingerprint density at radius 3 is 2.69 bits per heavy atom. The smallest absolute Gasteiger partial charge is 0.138 e. The summed E-state index contributed by atoms with van der Waals surface area (Å²) in [7, 11) is 1.59. The van der Waals surface area contributed by atoms with Gasteiger partial charge < -0.3 is 15.2 Å². The molecule has 1 aliphatic heterocycles. The minimum absolute atomic E-state index is 0.276. The van der Waals surface area contributed by atoms with Crippen molar-refractivity contribution in [2.75, 3.05) is 20.2 Å². The van der Waals surface area contributed by atoms with Gasteiger partial charge in [-0.2, -0.15) is 0 Å². The number of hydrogen-bond donors (Lipinski definition) is 2. The van der Waals surface area contributed by atoms with Crippen LogP contribution in [0.25, 0.3) is 0 Å². The van der Waals surface area contributed by atoms with Crippen LogP contribution in [0, 0.1) is 0 Å². The van der Waals surface area contributed by atoms with Gasteiger partial charge in [-0.15, -0.1) is 0 Å². The standard InChI is InChI=1S/C12H16ClNO2/c1-16-10-3-2-9(15)11(12(10)13)8-4-6-14-7-5-8/h2-3,8,14-15H,4-7H2,1H3. The van der Waals surface area contributed by atoms with E-state index in [2.05, 4.69) is 5.32 Å². The first-order chi connectivity index (χ1) is 7.74. The van der Waals surface area contributed by atoms with Crippen molar-refractivity contribution in [1.29, 1.82) is 0 Å². The molecule has 0 bridgehead atoms. The molecule has 0 radical (unpaired) electrons. The highest BCUT2D eigenvalue weighted by atomic mass is 35.5. The zero-order valence-electron chi connectivity index (χ0n) is 9.29. The lowest BCUT2D eigenvalue weighted by Gasteiger charge is -2.25. The minimum atomic E-state index is 0.276. The average Bonchev–Trinajstić information content (AvgIpc) is 2.31. The highest BCUT2D eigenvalue weighted by Crippen LogP contribution is 2.41. The molecule has 1 saturated heterocycles. The molecule has 3 nitrogen and oxygen atoms in total. The van der Waals surface area contributed by atoms with Gasteiger partial charge in [0.1, 0.15) is 11.5 Å². The molecule has 16 heavy (non-hydrogen) atoms. The molecule has 88 valence electrons. The Kier molecular flexibility index (Phi) is 3.56. The summed E-state index contributed by atoms with van der Waals surface area (Å²) in [5, 5.41) is 13.7. The number of benzene rings is 1. The van der Waals surface area contributed by atoms with Gasteiger partial charge in [-0.1, -0.05) is 11.6 Å². The minimum Gasteiger partial charge on any atom is -0.508 e. The van der Waals surface area contributed by atoms with Gasteiger partial charge in [-0.25, -0.2) is 0 Å². The number of ether oxygens (including phenoxy) is 1. The molecule has 0 saturated carbocycles. The fourth-order valence-electron chi connectivity index (χ4n) is 2.22. The lowest BCUT2D eigenvalue weighted by molar-refractivity contribution is 0.401. The summed E-state index contributed by atoms with van der Waals surface area (Å²) in [6.07, 6.45) is 2.00. The highest BCUT2D eigenvalue weighted by molar-refractivity contribution is 6.33. The first-order valence-electron chi connectivity index (χ1n) is 5.50. The maximum atomic E-state index is 9.90. The van der Waals surface area contributed by atoms with E-state index in [-0.39, 0.29) is 5.75 Å². The molecule has 0 aliphatic carbocycles. The molecule has 2 rings (SSSR count). The van der Waals surface area contributed by atoms with Crippen LogP contribution in [0.3, 0.4) is 0 Å². The molecule has 1 aromatic carbocycles. The van der Waals surface area contributed by atoms with Crippen LogP contribution in [0.4, 0.5) is 0 Å². The van der Waals surface area contributed by atoms with E-state index in [1.807, 2.05) is 0 Å². The van der Waals surface area contributed by atoms with Crippen LogP contribution in [0.15, 0.2) is 12.1 Å². The van der Waals surface area contributed by atoms with Gasteiger partial charge in [-0.05, 0) is 44.0 Å². The molecular formula is C12H16ClNO2. The third-order valence-electron chi connectivity index (χ3n) is 3.09. The Morgan fingerprint density at radius 2 is 2.06 bits per heavy atom. The summed E-state index contributed by atoms with van der Waals surface area (Å²) < 4.78 is 5.17. The Balaban J connectivity index is 2.37. The van der Waals surface area contributed by atoms with Gasteiger partial charge in [0.15, 0.2) is 0 Å². The molecule has 2 N–H and O–H groups in total. The van der Waals surface area contributed by atoms with Gasteiger partial charge >= 0.3 is 0 Å². The summed E-state index contributed by atoms with van der Waals surface area (Å²) in [6, 6.07) is 3.35. The number of halogens is 1. The zero-order valence-corrected chi connectivity index (χ0v) is 10.0. The Bertz CT molecular complexity index is 376. The van der Waals surface area contributed by atoms with Crippen LogP contribution in [0.2, 0.25) is 5.02 Å². The van der Waals surface area contributed by atoms with E-state index in [0.717, 1.165) is 31.5 Å². The molecule has 0 spiro atoms. The number of rotatable bonds is 2. The van der Waals surface area contributed by atoms with Crippen molar-refractivity contribution in [2.45, 2.75) is 18.8 Å². The Morgan fingerprint density at radius 1 is 1.38 bits per heavy atom. The van der Waals surface area contributed by atoms with E-state index in [0.29, 0.717) is 16.7 Å². The lowest BCUT2D eigenvalue weighted by Crippen LogP contribution is -2.26. The number of piperidine rings is 1. The first-order valence-corrected chi connectivity index (χ1v) is 5.88. The van der Waals surface area contributed by atoms with Gasteiger partial charge in [0.25, 0.3) is 0 Å². The number of nitrogens with one attached hydrogen (secondary N) is 1. The van der Waals surface area contributed by atoms with Gasteiger partial charge in [0.2, 0.25) is 0 Å². The monoisotopic (exact) mass is 241 g/mol. The van der Waals surface area contributed by atoms with E-state index in [1.54, 1.807) is 19.2 Å². The molecular weight excluding hydrogens is 226 g/mol. The van der Waals surface area contributed by atoms with E-state index >= 15 is 0 Å². The normalized spacial score (nSPS) is 17.4. The topological polar surface area (TPSA) is 41.5 Å². The van der Waals surface area contributed by atoms with Crippen molar-refractivity contribution in [2.24, 2.45) is 0 Å². The predicted octanol–water partition coefficient (Wildman–Crippen LogP) is 2.52. The number of aromatic hydroxyl groups is 1. The van der Waals surface area contributed by atoms with Gasteiger partial charge in [-0.3, -0.25) is 0 Å². The molecule has 4 heteroatoms. The lowest BCUT2D eigenvalue weighted by atomic mass is 9.89. The fourth-order valence-corrected chi connectivity index (χ4v) is 2.61. The third kappa shape index (κ3) is 2.11. The van der Waals surface area contributed by atoms with E-state index in [1.165, 1.54) is 0 Å². The summed E-state index contributed by atoms with van der Waals surface area (Å²) >= 11 is 6.24. The van der Waals surface area contributed by atoms with Crippen LogP contribution in [0.5, 0.6) is 11.5 Å². The summed E-state index contributed by atoms with van der Waals surface area (Å²) in [6.45, 7) is 1.94. The molecule has 0 amide bonds. The van der Waals surface area contributed by atoms with E-state index in [4.69, 9.17) is 16.3 Å². The van der Waals surface area contributed by atoms with Gasteiger partial charge in [0, 0.05) is 5.56 Å². The van der Waals surface area contributed by atoms with Crippen molar-refractivity contribution in [3.05, 3.63) is 22.7 Å². The number of hydrogen-bond acceptors (Lipinski definition) is 3. The molecule has 1 fully saturated rings. The van der Waals surface area contributed by atoms with Crippen molar-refractivity contribution in [3.8, 4) is 11.5 Å². The quantitative estimate of drug-likeness (QED) is 0.836. The summed E-state index contributed by atoms with van der Waals surface area (Å²) in [5.41, 5.74) is 0.836. The Labute approximate surface area is 100 Å². The van der Waals surface area contributed by atoms with Crippen molar-refractivity contribution in [3.63, 3.8) is 0 Å². The van der Waals surface area contributed by atoms with Crippen molar-refractivity contribution in [1.82, 2.24) is 5.32 Å². The van der Waals surface area contributed by atoms with Crippen LogP contribution in [-0.4, -0.2) is 25.3 Å². The van der Waals surface area contributed by atoms with Crippen molar-refractivity contribution >= 4 is 11.6 Å². The molecule has 0 aromatic heterocycles. The van der Waals surface area contributed by atoms with E-state index < -0.39 is 0 Å². The number of phenols is 1. The fraction of sp³-hybridized carbons (Fsp3) is 0.500. The highest BCUT2D eigenvalue weighted by Gasteiger charge is 2.23. The first kappa shape index (κ1) is 11.6. The SMILES string of the molecule is COc1ccc(O)c(C2CCNCC2)c1Cl. The number of phenolic OH excluding ortho intramolecular Hbond substituents is 1. The maximum Gasteiger partial charge on any atom is 0.138 e. The Hall–Kier alpha value is -0.930. The second-order valence-electron chi connectivity index (χ2n) is 4.04. The van der Waals surface area contributed by atoms with Crippen LogP contribution in [-0.2, 0) is 0 Å². The molecule has 1 aromatic rings. The maximum absolute atomic E-state index is 9.90. The average molecular weight is 242 g/mol. The van der Waals surface area contributed by atoms with Gasteiger partial charge in [0.05, 0.1) is 12.1 Å². The molecule has 0 unspecified atom stereocenters. The summed E-state index contributed by atoms with van der Waals surface area (Å²) in [4.78, 5) is 0. The summed E-state index contributed by atoms with van der Waals surface area (Å²) in [5.74, 6) is 1.23. The van der Waals surface area contributed by atoms with E-state index in [9.17, 15) is 5.11 Å². The second-order valence-corrected chi connectivity index (χ2v) is 4.42. The largest absolute Gasteiger partial charge is 0.508 e. The van der Waals surface area contributed by atoms with Crippen LogP contribution in [0.1, 0.15) is 24.3 Å². The second kappa shape index (κ2) is 4.93. The molecule has 1 heterocycles. The van der Waals surface area contributed by atoms with Crippen molar-refractivity contribution < 1.29 is 9.84 Å². The molecule has 1 aliphatic rings.